The highest BCUT2D eigenvalue weighted by Crippen LogP contribution is 2.32. The van der Waals surface area contributed by atoms with Crippen LogP contribution in [0, 0.1) is 24.1 Å². The third kappa shape index (κ3) is 4.81. The molecule has 0 aliphatic heterocycles. The van der Waals surface area contributed by atoms with E-state index in [1.807, 2.05) is 12.1 Å². The van der Waals surface area contributed by atoms with Crippen molar-refractivity contribution in [2.24, 2.45) is 11.8 Å². The second-order valence-electron chi connectivity index (χ2n) is 5.67. The Balaban J connectivity index is 1.73. The number of hydrogen-bond donors (Lipinski definition) is 0. The van der Waals surface area contributed by atoms with Crippen molar-refractivity contribution in [3.63, 3.8) is 0 Å². The highest BCUT2D eigenvalue weighted by atomic mass is 19.1. The van der Waals surface area contributed by atoms with Gasteiger partial charge in [0.15, 0.2) is 0 Å². The topological polar surface area (TPSA) is 0 Å². The summed E-state index contributed by atoms with van der Waals surface area (Å²) in [6.45, 7) is 2.28. The summed E-state index contributed by atoms with van der Waals surface area (Å²) >= 11 is 0. The van der Waals surface area contributed by atoms with Gasteiger partial charge in [0.1, 0.15) is 5.82 Å². The molecule has 0 atom stereocenters. The predicted molar refractivity (Wildman–Crippen MR) is 79.3 cm³/mol. The lowest BCUT2D eigenvalue weighted by Crippen LogP contribution is -2.12. The fraction of sp³-hybridized carbons (Fsp3) is 0.500. The summed E-state index contributed by atoms with van der Waals surface area (Å²) in [5, 5.41) is 0. The van der Waals surface area contributed by atoms with Crippen LogP contribution in [0.1, 0.15) is 51.0 Å². The molecule has 0 N–H and O–H groups in total. The van der Waals surface area contributed by atoms with Gasteiger partial charge < -0.3 is 0 Å². The molecule has 0 unspecified atom stereocenters. The Kier molecular flexibility index (Phi) is 5.62. The second-order valence-corrected chi connectivity index (χ2v) is 5.67. The molecule has 103 valence electrons. The fourth-order valence-electron chi connectivity index (χ4n) is 2.98. The van der Waals surface area contributed by atoms with E-state index < -0.39 is 0 Å². The molecule has 0 nitrogen and oxygen atoms in total. The van der Waals surface area contributed by atoms with Crippen molar-refractivity contribution < 1.29 is 4.39 Å². The van der Waals surface area contributed by atoms with Gasteiger partial charge in [0, 0.05) is 6.42 Å². The van der Waals surface area contributed by atoms with Crippen LogP contribution in [-0.4, -0.2) is 0 Å². The highest BCUT2D eigenvalue weighted by Gasteiger charge is 2.18. The lowest BCUT2D eigenvalue weighted by atomic mass is 9.80. The van der Waals surface area contributed by atoms with Gasteiger partial charge in [-0.2, -0.15) is 0 Å². The first-order valence-corrected chi connectivity index (χ1v) is 7.55. The van der Waals surface area contributed by atoms with Gasteiger partial charge in [-0.05, 0) is 55.2 Å². The first-order chi connectivity index (χ1) is 9.28. The first-order valence-electron chi connectivity index (χ1n) is 7.55. The molecule has 0 amide bonds. The Hall–Kier alpha value is -1.11. The minimum Gasteiger partial charge on any atom is -0.207 e. The third-order valence-electron chi connectivity index (χ3n) is 4.13. The van der Waals surface area contributed by atoms with Crippen LogP contribution >= 0.6 is 0 Å². The normalized spacial score (nSPS) is 23.9. The second kappa shape index (κ2) is 7.47. The maximum atomic E-state index is 12.8. The molecule has 2 rings (SSSR count). The summed E-state index contributed by atoms with van der Waals surface area (Å²) in [4.78, 5) is 0. The van der Waals surface area contributed by atoms with Gasteiger partial charge >= 0.3 is 0 Å². The lowest BCUT2D eigenvalue weighted by Gasteiger charge is -2.26. The van der Waals surface area contributed by atoms with Crippen LogP contribution in [0.15, 0.2) is 36.4 Å². The summed E-state index contributed by atoms with van der Waals surface area (Å²) in [5.74, 6) is 1.54. The van der Waals surface area contributed by atoms with E-state index in [9.17, 15) is 4.39 Å². The van der Waals surface area contributed by atoms with Crippen LogP contribution in [0.4, 0.5) is 4.39 Å². The smallest absolute Gasteiger partial charge is 0.123 e. The van der Waals surface area contributed by atoms with Crippen LogP contribution in [0.5, 0.6) is 0 Å². The average molecular weight is 259 g/mol. The standard InChI is InChI=1S/C18H24F/c1-2-4-15-7-9-16(10-8-15)5-3-6-17-11-13-18(19)14-12-17/h3,5-6,11-16H,2,4,7-10H2,1H3/b5-3+/t15-,16-. The van der Waals surface area contributed by atoms with Crippen LogP contribution in [0.3, 0.4) is 0 Å². The van der Waals surface area contributed by atoms with Crippen molar-refractivity contribution in [1.29, 1.82) is 0 Å². The van der Waals surface area contributed by atoms with E-state index in [0.717, 1.165) is 17.4 Å². The summed E-state index contributed by atoms with van der Waals surface area (Å²) in [7, 11) is 0. The molecule has 1 aromatic rings. The van der Waals surface area contributed by atoms with Crippen molar-refractivity contribution in [3.05, 3.63) is 54.2 Å². The molecule has 1 saturated carbocycles. The fourth-order valence-corrected chi connectivity index (χ4v) is 2.98. The van der Waals surface area contributed by atoms with E-state index in [-0.39, 0.29) is 5.82 Å². The monoisotopic (exact) mass is 259 g/mol. The Morgan fingerprint density at radius 1 is 1.11 bits per heavy atom. The van der Waals surface area contributed by atoms with Crippen LogP contribution < -0.4 is 0 Å². The number of benzene rings is 1. The van der Waals surface area contributed by atoms with E-state index in [1.165, 1.54) is 50.7 Å². The third-order valence-corrected chi connectivity index (χ3v) is 4.13. The quantitative estimate of drug-likeness (QED) is 0.651. The van der Waals surface area contributed by atoms with Gasteiger partial charge in [-0.15, -0.1) is 0 Å². The SMILES string of the molecule is CCC[C@H]1CC[C@H](/C=C/[CH]c2ccc(F)cc2)CC1. The molecular formula is C18H24F. The molecule has 0 saturated heterocycles. The molecule has 19 heavy (non-hydrogen) atoms. The number of rotatable bonds is 5. The largest absolute Gasteiger partial charge is 0.207 e. The van der Waals surface area contributed by atoms with Crippen molar-refractivity contribution >= 4 is 0 Å². The van der Waals surface area contributed by atoms with Crippen molar-refractivity contribution in [3.8, 4) is 0 Å². The van der Waals surface area contributed by atoms with E-state index in [4.69, 9.17) is 0 Å². The molecule has 0 bridgehead atoms. The van der Waals surface area contributed by atoms with Crippen molar-refractivity contribution in [1.82, 2.24) is 0 Å². The van der Waals surface area contributed by atoms with Crippen LogP contribution in [0.2, 0.25) is 0 Å². The molecule has 0 heterocycles. The first kappa shape index (κ1) is 14.3. The minimum absolute atomic E-state index is 0.171. The molecule has 1 aliphatic carbocycles. The van der Waals surface area contributed by atoms with Gasteiger partial charge in [-0.3, -0.25) is 0 Å². The maximum Gasteiger partial charge on any atom is 0.123 e. The number of allylic oxidation sites excluding steroid dienone is 2. The predicted octanol–water partition coefficient (Wildman–Crippen LogP) is 5.54. The molecule has 1 aromatic carbocycles. The number of halogens is 1. The zero-order valence-electron chi connectivity index (χ0n) is 11.8. The average Bonchev–Trinajstić information content (AvgIpc) is 2.43. The van der Waals surface area contributed by atoms with Crippen LogP contribution in [0.25, 0.3) is 0 Å². The summed E-state index contributed by atoms with van der Waals surface area (Å²) in [6.07, 6.45) is 14.7. The Morgan fingerprint density at radius 3 is 2.42 bits per heavy atom. The molecule has 0 spiro atoms. The van der Waals surface area contributed by atoms with Gasteiger partial charge in [0.05, 0.1) is 0 Å². The highest BCUT2D eigenvalue weighted by molar-refractivity contribution is 5.28. The summed E-state index contributed by atoms with van der Waals surface area (Å²) < 4.78 is 12.8. The molecule has 1 aliphatic rings. The van der Waals surface area contributed by atoms with Gasteiger partial charge in [0.2, 0.25) is 0 Å². The van der Waals surface area contributed by atoms with Gasteiger partial charge in [-0.1, -0.05) is 44.1 Å². The molecular weight excluding hydrogens is 235 g/mol. The van der Waals surface area contributed by atoms with Gasteiger partial charge in [-0.25, -0.2) is 4.39 Å². The summed E-state index contributed by atoms with van der Waals surface area (Å²) in [5.41, 5.74) is 1.07. The lowest BCUT2D eigenvalue weighted by molar-refractivity contribution is 0.294. The Bertz CT molecular complexity index is 383. The Labute approximate surface area is 116 Å². The van der Waals surface area contributed by atoms with Crippen LogP contribution in [-0.2, 0) is 0 Å². The zero-order valence-corrected chi connectivity index (χ0v) is 11.8. The maximum absolute atomic E-state index is 12.8. The zero-order chi connectivity index (χ0) is 13.5. The molecule has 1 radical (unpaired) electrons. The Morgan fingerprint density at radius 2 is 1.79 bits per heavy atom. The van der Waals surface area contributed by atoms with Crippen molar-refractivity contribution in [2.75, 3.05) is 0 Å². The van der Waals surface area contributed by atoms with E-state index in [0.29, 0.717) is 0 Å². The van der Waals surface area contributed by atoms with Crippen molar-refractivity contribution in [2.45, 2.75) is 45.4 Å². The minimum atomic E-state index is -0.171. The van der Waals surface area contributed by atoms with E-state index in [1.54, 1.807) is 0 Å². The molecule has 1 heteroatoms. The molecule has 0 aromatic heterocycles. The van der Waals surface area contributed by atoms with Gasteiger partial charge in [0.25, 0.3) is 0 Å². The summed E-state index contributed by atoms with van der Waals surface area (Å²) in [6, 6.07) is 6.65. The number of hydrogen-bond acceptors (Lipinski definition) is 0. The molecule has 1 fully saturated rings. The van der Waals surface area contributed by atoms with E-state index in [2.05, 4.69) is 25.5 Å². The van der Waals surface area contributed by atoms with E-state index >= 15 is 0 Å².